The summed E-state index contributed by atoms with van der Waals surface area (Å²) in [5.41, 5.74) is 0.0320. The van der Waals surface area contributed by atoms with Crippen LogP contribution in [0.4, 0.5) is 15.8 Å². The highest BCUT2D eigenvalue weighted by molar-refractivity contribution is 5.79. The molecule has 0 amide bonds. The molecule has 0 fully saturated rings. The Kier molecular flexibility index (Phi) is 4.13. The minimum absolute atomic E-state index is 0.0259. The average molecular weight is 290 g/mol. The average Bonchev–Trinajstić information content (AvgIpc) is 2.44. The van der Waals surface area contributed by atoms with E-state index in [1.165, 1.54) is 0 Å². The summed E-state index contributed by atoms with van der Waals surface area (Å²) in [6.45, 7) is 0. The Morgan fingerprint density at radius 2 is 1.90 bits per heavy atom. The van der Waals surface area contributed by atoms with Crippen LogP contribution in [-0.2, 0) is 4.79 Å². The Labute approximate surface area is 119 Å². The van der Waals surface area contributed by atoms with Crippen molar-refractivity contribution < 1.29 is 19.2 Å². The number of anilines is 1. The molecule has 21 heavy (non-hydrogen) atoms. The molecule has 7 heteroatoms. The zero-order valence-electron chi connectivity index (χ0n) is 10.7. The van der Waals surface area contributed by atoms with Crippen molar-refractivity contribution in [1.82, 2.24) is 0 Å². The molecule has 2 N–H and O–H groups in total. The summed E-state index contributed by atoms with van der Waals surface area (Å²) < 4.78 is 13.4. The topological polar surface area (TPSA) is 92.5 Å². The SMILES string of the molecule is O=C(O)C(Nc1cc(F)cc([N+](=O)[O-])c1)c1ccccc1. The molecule has 0 bridgehead atoms. The maximum Gasteiger partial charge on any atom is 0.330 e. The summed E-state index contributed by atoms with van der Waals surface area (Å²) in [5.74, 6) is -1.99. The number of aliphatic carboxylic acids is 1. The standard InChI is InChI=1S/C14H11FN2O4/c15-10-6-11(8-12(7-10)17(20)21)16-13(14(18)19)9-4-2-1-3-5-9/h1-8,13,16H,(H,18,19). The van der Waals surface area contributed by atoms with Gasteiger partial charge in [-0.25, -0.2) is 9.18 Å². The van der Waals surface area contributed by atoms with Gasteiger partial charge in [0.2, 0.25) is 0 Å². The summed E-state index contributed by atoms with van der Waals surface area (Å²) in [7, 11) is 0. The van der Waals surface area contributed by atoms with Gasteiger partial charge in [-0.2, -0.15) is 0 Å². The number of nitrogens with zero attached hydrogens (tertiary/aromatic N) is 1. The number of rotatable bonds is 5. The lowest BCUT2D eigenvalue weighted by molar-refractivity contribution is -0.385. The summed E-state index contributed by atoms with van der Waals surface area (Å²) in [6, 6.07) is 9.99. The van der Waals surface area contributed by atoms with Gasteiger partial charge in [-0.05, 0) is 11.6 Å². The second-order valence-corrected chi connectivity index (χ2v) is 4.28. The Hall–Kier alpha value is -2.96. The number of nitrogens with one attached hydrogen (secondary N) is 1. The number of nitro benzene ring substituents is 1. The normalized spacial score (nSPS) is 11.7. The highest BCUT2D eigenvalue weighted by atomic mass is 19.1. The van der Waals surface area contributed by atoms with Crippen LogP contribution < -0.4 is 5.32 Å². The van der Waals surface area contributed by atoms with Gasteiger partial charge in [0.05, 0.1) is 11.0 Å². The first-order valence-electron chi connectivity index (χ1n) is 5.96. The first-order chi connectivity index (χ1) is 9.97. The van der Waals surface area contributed by atoms with E-state index in [1.807, 2.05) is 0 Å². The van der Waals surface area contributed by atoms with Crippen molar-refractivity contribution in [3.05, 3.63) is 70.0 Å². The van der Waals surface area contributed by atoms with Gasteiger partial charge in [0.1, 0.15) is 5.82 Å². The molecule has 2 aromatic rings. The van der Waals surface area contributed by atoms with E-state index in [-0.39, 0.29) is 5.69 Å². The van der Waals surface area contributed by atoms with Crippen LogP contribution in [0.15, 0.2) is 48.5 Å². The van der Waals surface area contributed by atoms with Crippen LogP contribution in [0.1, 0.15) is 11.6 Å². The first kappa shape index (κ1) is 14.4. The molecule has 6 nitrogen and oxygen atoms in total. The van der Waals surface area contributed by atoms with Gasteiger partial charge in [0, 0.05) is 11.8 Å². The fourth-order valence-electron chi connectivity index (χ4n) is 1.86. The van der Waals surface area contributed by atoms with Crippen LogP contribution >= 0.6 is 0 Å². The number of hydrogen-bond donors (Lipinski definition) is 2. The number of carboxylic acids is 1. The van der Waals surface area contributed by atoms with Crippen LogP contribution in [-0.4, -0.2) is 16.0 Å². The Morgan fingerprint density at radius 1 is 1.24 bits per heavy atom. The third-order valence-corrected chi connectivity index (χ3v) is 2.78. The van der Waals surface area contributed by atoms with Crippen molar-refractivity contribution in [3.63, 3.8) is 0 Å². The number of nitro groups is 1. The Bertz CT molecular complexity index is 676. The summed E-state index contributed by atoms with van der Waals surface area (Å²) in [5, 5.41) is 22.5. The van der Waals surface area contributed by atoms with Crippen LogP contribution in [0.2, 0.25) is 0 Å². The van der Waals surface area contributed by atoms with Crippen LogP contribution in [0, 0.1) is 15.9 Å². The third-order valence-electron chi connectivity index (χ3n) is 2.78. The van der Waals surface area contributed by atoms with Gasteiger partial charge in [-0.15, -0.1) is 0 Å². The van der Waals surface area contributed by atoms with Crippen molar-refractivity contribution in [2.45, 2.75) is 6.04 Å². The van der Waals surface area contributed by atoms with E-state index in [0.717, 1.165) is 18.2 Å². The van der Waals surface area contributed by atoms with E-state index in [0.29, 0.717) is 5.56 Å². The van der Waals surface area contributed by atoms with Crippen molar-refractivity contribution in [1.29, 1.82) is 0 Å². The van der Waals surface area contributed by atoms with Crippen molar-refractivity contribution in [2.75, 3.05) is 5.32 Å². The molecule has 0 saturated carbocycles. The van der Waals surface area contributed by atoms with Crippen LogP contribution in [0.5, 0.6) is 0 Å². The highest BCUT2D eigenvalue weighted by Gasteiger charge is 2.20. The predicted molar refractivity (Wildman–Crippen MR) is 73.5 cm³/mol. The molecular weight excluding hydrogens is 279 g/mol. The number of benzene rings is 2. The maximum atomic E-state index is 13.4. The summed E-state index contributed by atoms with van der Waals surface area (Å²) in [4.78, 5) is 21.3. The second-order valence-electron chi connectivity index (χ2n) is 4.28. The lowest BCUT2D eigenvalue weighted by Crippen LogP contribution is -2.20. The third kappa shape index (κ3) is 3.53. The Balaban J connectivity index is 2.34. The minimum Gasteiger partial charge on any atom is -0.479 e. The maximum absolute atomic E-state index is 13.4. The molecular formula is C14H11FN2O4. The van der Waals surface area contributed by atoms with Crippen molar-refractivity contribution in [3.8, 4) is 0 Å². The van der Waals surface area contributed by atoms with Crippen molar-refractivity contribution in [2.24, 2.45) is 0 Å². The number of non-ortho nitro benzene ring substituents is 1. The molecule has 0 aliphatic carbocycles. The fourth-order valence-corrected chi connectivity index (χ4v) is 1.86. The van der Waals surface area contributed by atoms with E-state index in [2.05, 4.69) is 5.32 Å². The number of hydrogen-bond acceptors (Lipinski definition) is 4. The number of halogens is 1. The minimum atomic E-state index is -1.17. The summed E-state index contributed by atoms with van der Waals surface area (Å²) >= 11 is 0. The molecule has 108 valence electrons. The van der Waals surface area contributed by atoms with E-state index in [1.54, 1.807) is 30.3 Å². The second kappa shape index (κ2) is 6.00. The van der Waals surface area contributed by atoms with E-state index in [9.17, 15) is 24.4 Å². The molecule has 1 atom stereocenters. The van der Waals surface area contributed by atoms with Gasteiger partial charge in [-0.3, -0.25) is 10.1 Å². The van der Waals surface area contributed by atoms with Crippen LogP contribution in [0.25, 0.3) is 0 Å². The largest absolute Gasteiger partial charge is 0.479 e. The molecule has 0 aliphatic heterocycles. The fraction of sp³-hybridized carbons (Fsp3) is 0.0714. The van der Waals surface area contributed by atoms with E-state index < -0.39 is 28.4 Å². The molecule has 1 unspecified atom stereocenters. The lowest BCUT2D eigenvalue weighted by Gasteiger charge is -2.16. The lowest BCUT2D eigenvalue weighted by atomic mass is 10.1. The van der Waals surface area contributed by atoms with E-state index in [4.69, 9.17) is 0 Å². The predicted octanol–water partition coefficient (Wildman–Crippen LogP) is 2.97. The molecule has 0 heterocycles. The monoisotopic (exact) mass is 290 g/mol. The number of carbonyl (C=O) groups is 1. The zero-order valence-corrected chi connectivity index (χ0v) is 10.7. The smallest absolute Gasteiger partial charge is 0.330 e. The number of carboxylic acid groups (broad SMARTS) is 1. The van der Waals surface area contributed by atoms with Gasteiger partial charge >= 0.3 is 5.97 Å². The van der Waals surface area contributed by atoms with E-state index >= 15 is 0 Å². The molecule has 0 radical (unpaired) electrons. The Morgan fingerprint density at radius 3 is 2.48 bits per heavy atom. The molecule has 2 aromatic carbocycles. The molecule has 0 spiro atoms. The summed E-state index contributed by atoms with van der Waals surface area (Å²) in [6.07, 6.45) is 0. The molecule has 2 rings (SSSR count). The van der Waals surface area contributed by atoms with Gasteiger partial charge < -0.3 is 10.4 Å². The van der Waals surface area contributed by atoms with Gasteiger partial charge in [0.15, 0.2) is 6.04 Å². The molecule has 0 saturated heterocycles. The quantitative estimate of drug-likeness (QED) is 0.652. The molecule has 0 aliphatic rings. The molecule has 0 aromatic heterocycles. The van der Waals surface area contributed by atoms with Gasteiger partial charge in [0.25, 0.3) is 5.69 Å². The zero-order chi connectivity index (χ0) is 15.4. The van der Waals surface area contributed by atoms with Crippen molar-refractivity contribution >= 4 is 17.3 Å². The first-order valence-corrected chi connectivity index (χ1v) is 5.96. The van der Waals surface area contributed by atoms with Gasteiger partial charge in [-0.1, -0.05) is 30.3 Å². The van der Waals surface area contributed by atoms with Crippen LogP contribution in [0.3, 0.4) is 0 Å². The highest BCUT2D eigenvalue weighted by Crippen LogP contribution is 2.24.